The average Bonchev–Trinajstić information content (AvgIpc) is 3.24. The highest BCUT2D eigenvalue weighted by Crippen LogP contribution is 2.28. The number of amides is 1. The van der Waals surface area contributed by atoms with Gasteiger partial charge in [0.15, 0.2) is 0 Å². The molecule has 2 saturated heterocycles. The van der Waals surface area contributed by atoms with Crippen LogP contribution in [0.2, 0.25) is 0 Å². The molecule has 0 radical (unpaired) electrons. The van der Waals surface area contributed by atoms with Crippen LogP contribution in [0.4, 0.5) is 0 Å². The van der Waals surface area contributed by atoms with E-state index in [4.69, 9.17) is 9.47 Å². The molecular formula is C15H23N3O3S. The Labute approximate surface area is 135 Å². The minimum Gasteiger partial charge on any atom is -0.344 e. The third kappa shape index (κ3) is 3.17. The molecule has 1 amide bonds. The monoisotopic (exact) mass is 325 g/mol. The van der Waals surface area contributed by atoms with E-state index in [1.165, 1.54) is 11.3 Å². The normalized spacial score (nSPS) is 24.1. The molecular weight excluding hydrogens is 302 g/mol. The number of hydrogen-bond acceptors (Lipinski definition) is 6. The van der Waals surface area contributed by atoms with Gasteiger partial charge in [-0.05, 0) is 13.0 Å². The molecule has 122 valence electrons. The largest absolute Gasteiger partial charge is 0.344 e. The molecule has 2 aliphatic rings. The van der Waals surface area contributed by atoms with Gasteiger partial charge >= 0.3 is 0 Å². The number of hydrogen-bond donors (Lipinski definition) is 0. The van der Waals surface area contributed by atoms with Crippen molar-refractivity contribution in [2.75, 3.05) is 39.4 Å². The molecule has 0 N–H and O–H groups in total. The maximum Gasteiger partial charge on any atom is 0.265 e. The Bertz CT molecular complexity index is 516. The summed E-state index contributed by atoms with van der Waals surface area (Å²) in [6.45, 7) is 9.21. The van der Waals surface area contributed by atoms with Crippen LogP contribution in [0.25, 0.3) is 0 Å². The number of nitrogens with zero attached hydrogens (tertiary/aromatic N) is 3. The van der Waals surface area contributed by atoms with Crippen LogP contribution >= 0.6 is 11.3 Å². The Balaban J connectivity index is 1.70. The van der Waals surface area contributed by atoms with E-state index in [2.05, 4.69) is 23.7 Å². The van der Waals surface area contributed by atoms with Crippen molar-refractivity contribution in [3.63, 3.8) is 0 Å². The molecule has 7 heteroatoms. The maximum atomic E-state index is 12.8. The van der Waals surface area contributed by atoms with Gasteiger partial charge in [-0.1, -0.05) is 13.8 Å². The van der Waals surface area contributed by atoms with Crippen molar-refractivity contribution in [3.05, 3.63) is 16.1 Å². The summed E-state index contributed by atoms with van der Waals surface area (Å²) in [5, 5.41) is 0.737. The topological polar surface area (TPSA) is 54.9 Å². The van der Waals surface area contributed by atoms with Gasteiger partial charge in [-0.15, -0.1) is 11.3 Å². The molecule has 3 heterocycles. The second-order valence-corrected chi connectivity index (χ2v) is 6.65. The number of carbonyl (C=O) groups excluding carboxylic acids is 1. The fourth-order valence-corrected chi connectivity index (χ4v) is 3.83. The second kappa shape index (κ2) is 7.04. The van der Waals surface area contributed by atoms with Crippen molar-refractivity contribution in [2.45, 2.75) is 32.6 Å². The molecule has 0 spiro atoms. The van der Waals surface area contributed by atoms with E-state index in [9.17, 15) is 4.79 Å². The van der Waals surface area contributed by atoms with Crippen molar-refractivity contribution >= 4 is 17.2 Å². The van der Waals surface area contributed by atoms with Crippen molar-refractivity contribution in [3.8, 4) is 0 Å². The van der Waals surface area contributed by atoms with Gasteiger partial charge in [-0.2, -0.15) is 0 Å². The highest BCUT2D eigenvalue weighted by molar-refractivity contribution is 7.13. The minimum absolute atomic E-state index is 0.0874. The zero-order chi connectivity index (χ0) is 15.5. The van der Waals surface area contributed by atoms with Gasteiger partial charge in [0.25, 0.3) is 5.91 Å². The van der Waals surface area contributed by atoms with Crippen LogP contribution < -0.4 is 0 Å². The first kappa shape index (κ1) is 15.9. The van der Waals surface area contributed by atoms with Crippen LogP contribution in [-0.4, -0.2) is 66.1 Å². The zero-order valence-corrected chi connectivity index (χ0v) is 14.0. The lowest BCUT2D eigenvalue weighted by molar-refractivity contribution is -0.0442. The predicted octanol–water partition coefficient (Wildman–Crippen LogP) is 1.74. The molecule has 22 heavy (non-hydrogen) atoms. The molecule has 2 fully saturated rings. The molecule has 0 bridgehead atoms. The standard InChI is InChI=1S/C15H23N3O3S/c1-3-11-10-17(4-2)5-6-18(11)14(19)12-9-16-13(22-12)15-20-7-8-21-15/h9,11,15H,3-8,10H2,1-2H3. The smallest absolute Gasteiger partial charge is 0.265 e. The van der Waals surface area contributed by atoms with Crippen molar-refractivity contribution < 1.29 is 14.3 Å². The third-order valence-electron chi connectivity index (χ3n) is 4.30. The molecule has 1 aromatic rings. The van der Waals surface area contributed by atoms with Crippen LogP contribution in [0.5, 0.6) is 0 Å². The zero-order valence-electron chi connectivity index (χ0n) is 13.2. The summed E-state index contributed by atoms with van der Waals surface area (Å²) >= 11 is 1.39. The minimum atomic E-state index is -0.398. The number of aromatic nitrogens is 1. The molecule has 6 nitrogen and oxygen atoms in total. The summed E-state index contributed by atoms with van der Waals surface area (Å²) in [5.74, 6) is 0.0874. The maximum absolute atomic E-state index is 12.8. The molecule has 3 rings (SSSR count). The summed E-state index contributed by atoms with van der Waals surface area (Å²) in [6, 6.07) is 0.283. The first-order valence-corrected chi connectivity index (χ1v) is 8.76. The van der Waals surface area contributed by atoms with Gasteiger partial charge in [-0.3, -0.25) is 9.69 Å². The van der Waals surface area contributed by atoms with Gasteiger partial charge < -0.3 is 14.4 Å². The molecule has 1 aromatic heterocycles. The highest BCUT2D eigenvalue weighted by atomic mass is 32.1. The van der Waals surface area contributed by atoms with E-state index in [1.807, 2.05) is 4.90 Å². The van der Waals surface area contributed by atoms with Crippen molar-refractivity contribution in [1.29, 1.82) is 0 Å². The van der Waals surface area contributed by atoms with Crippen molar-refractivity contribution in [2.24, 2.45) is 0 Å². The molecule has 2 aliphatic heterocycles. The van der Waals surface area contributed by atoms with E-state index >= 15 is 0 Å². The Morgan fingerprint density at radius 2 is 2.14 bits per heavy atom. The number of thiazole rings is 1. The van der Waals surface area contributed by atoms with E-state index < -0.39 is 6.29 Å². The number of carbonyl (C=O) groups is 1. The number of ether oxygens (including phenoxy) is 2. The van der Waals surface area contributed by atoms with Gasteiger partial charge in [0.2, 0.25) is 6.29 Å². The van der Waals surface area contributed by atoms with Crippen LogP contribution in [-0.2, 0) is 9.47 Å². The average molecular weight is 325 g/mol. The van der Waals surface area contributed by atoms with Gasteiger partial charge in [0.05, 0.1) is 19.4 Å². The molecule has 1 unspecified atom stereocenters. The Morgan fingerprint density at radius 3 is 2.82 bits per heavy atom. The SMILES string of the molecule is CCC1CN(CC)CCN1C(=O)c1cnc(C2OCCO2)s1. The van der Waals surface area contributed by atoms with E-state index in [-0.39, 0.29) is 11.9 Å². The van der Waals surface area contributed by atoms with E-state index in [0.717, 1.165) is 37.6 Å². The van der Waals surface area contributed by atoms with Gasteiger partial charge in [0.1, 0.15) is 9.88 Å². The lowest BCUT2D eigenvalue weighted by Crippen LogP contribution is -2.54. The highest BCUT2D eigenvalue weighted by Gasteiger charge is 2.31. The number of piperazine rings is 1. The quantitative estimate of drug-likeness (QED) is 0.844. The predicted molar refractivity (Wildman–Crippen MR) is 84.0 cm³/mol. The van der Waals surface area contributed by atoms with Gasteiger partial charge in [0, 0.05) is 25.7 Å². The number of rotatable bonds is 4. The molecule has 0 aliphatic carbocycles. The fourth-order valence-electron chi connectivity index (χ4n) is 2.96. The van der Waals surface area contributed by atoms with Gasteiger partial charge in [-0.25, -0.2) is 4.98 Å². The first-order chi connectivity index (χ1) is 10.7. The van der Waals surface area contributed by atoms with Crippen LogP contribution in [0.1, 0.15) is 41.2 Å². The van der Waals surface area contributed by atoms with Crippen LogP contribution in [0, 0.1) is 0 Å². The van der Waals surface area contributed by atoms with Crippen molar-refractivity contribution in [1.82, 2.24) is 14.8 Å². The second-order valence-electron chi connectivity index (χ2n) is 5.59. The lowest BCUT2D eigenvalue weighted by atomic mass is 10.1. The Morgan fingerprint density at radius 1 is 1.36 bits per heavy atom. The third-order valence-corrected chi connectivity index (χ3v) is 5.31. The summed E-state index contributed by atoms with van der Waals surface area (Å²) < 4.78 is 10.9. The summed E-state index contributed by atoms with van der Waals surface area (Å²) in [5.41, 5.74) is 0. The van der Waals surface area contributed by atoms with E-state index in [1.54, 1.807) is 6.20 Å². The summed E-state index contributed by atoms with van der Waals surface area (Å²) in [7, 11) is 0. The lowest BCUT2D eigenvalue weighted by Gasteiger charge is -2.40. The molecule has 1 atom stereocenters. The Hall–Kier alpha value is -1.02. The van der Waals surface area contributed by atoms with Crippen LogP contribution in [0.3, 0.4) is 0 Å². The first-order valence-electron chi connectivity index (χ1n) is 7.95. The Kier molecular flexibility index (Phi) is 5.07. The molecule has 0 saturated carbocycles. The summed E-state index contributed by atoms with van der Waals surface area (Å²) in [4.78, 5) is 22.2. The fraction of sp³-hybridized carbons (Fsp3) is 0.733. The molecule has 0 aromatic carbocycles. The number of likely N-dealkylation sites (N-methyl/N-ethyl adjacent to an activating group) is 1. The van der Waals surface area contributed by atoms with Crippen LogP contribution in [0.15, 0.2) is 6.20 Å². The summed E-state index contributed by atoms with van der Waals surface area (Å²) in [6.07, 6.45) is 2.24. The van der Waals surface area contributed by atoms with E-state index in [0.29, 0.717) is 18.1 Å².